The third-order valence-corrected chi connectivity index (χ3v) is 6.76. The number of ether oxygens (including phenoxy) is 1. The number of anilines is 2. The van der Waals surface area contributed by atoms with Gasteiger partial charge in [-0.1, -0.05) is 23.9 Å². The van der Waals surface area contributed by atoms with E-state index >= 15 is 0 Å². The summed E-state index contributed by atoms with van der Waals surface area (Å²) in [7, 11) is 1.62. The van der Waals surface area contributed by atoms with Crippen LogP contribution in [0.25, 0.3) is 33.4 Å². The molecule has 0 spiro atoms. The zero-order valence-corrected chi connectivity index (χ0v) is 19.5. The van der Waals surface area contributed by atoms with Gasteiger partial charge in [-0.05, 0) is 53.6 Å². The monoisotopic (exact) mass is 477 g/mol. The van der Waals surface area contributed by atoms with Gasteiger partial charge in [0.1, 0.15) is 11.6 Å². The van der Waals surface area contributed by atoms with Crippen LogP contribution in [0, 0.1) is 0 Å². The lowest BCUT2D eigenvalue weighted by Crippen LogP contribution is -2.00. The second-order valence-corrected chi connectivity index (χ2v) is 9.18. The van der Waals surface area contributed by atoms with Crippen LogP contribution in [-0.2, 0) is 11.2 Å². The van der Waals surface area contributed by atoms with Gasteiger partial charge in [0.25, 0.3) is 0 Å². The largest absolute Gasteiger partial charge is 0.495 e. The number of thioether (sulfide) groups is 1. The van der Waals surface area contributed by atoms with Gasteiger partial charge in [-0.2, -0.15) is 0 Å². The van der Waals surface area contributed by atoms with Crippen LogP contribution in [-0.4, -0.2) is 32.2 Å². The Hall–Kier alpha value is -4.30. The van der Waals surface area contributed by atoms with Crippen molar-refractivity contribution >= 4 is 39.3 Å². The summed E-state index contributed by atoms with van der Waals surface area (Å²) in [4.78, 5) is 31.0. The van der Waals surface area contributed by atoms with Crippen molar-refractivity contribution in [3.05, 3.63) is 84.9 Å². The summed E-state index contributed by atoms with van der Waals surface area (Å²) in [6.07, 6.45) is 7.42. The molecule has 1 N–H and O–H groups in total. The van der Waals surface area contributed by atoms with Crippen LogP contribution in [0.2, 0.25) is 0 Å². The standard InChI is InChI=1S/C27H19N5O2S/c1-34-21-9-19(14-29-15-21)16-5-7-23-22(10-16)27(32-26(31-23)18-3-2-8-28-13-18)30-20-6-4-17-11-25(33)35-24(17)12-20/h2-10,12-15H,11H2,1H3,(H,30,31,32). The third kappa shape index (κ3) is 4.20. The maximum atomic E-state index is 11.9. The predicted octanol–water partition coefficient (Wildman–Crippen LogP) is 5.68. The van der Waals surface area contributed by atoms with Gasteiger partial charge in [0.2, 0.25) is 0 Å². The lowest BCUT2D eigenvalue weighted by Gasteiger charge is -2.13. The first-order valence-electron chi connectivity index (χ1n) is 11.0. The highest BCUT2D eigenvalue weighted by Gasteiger charge is 2.20. The summed E-state index contributed by atoms with van der Waals surface area (Å²) < 4.78 is 5.34. The molecule has 0 aliphatic carbocycles. The number of benzene rings is 2. The fraction of sp³-hybridized carbons (Fsp3) is 0.0741. The summed E-state index contributed by atoms with van der Waals surface area (Å²) in [5.74, 6) is 1.93. The molecule has 1 aliphatic rings. The molecule has 170 valence electrons. The smallest absolute Gasteiger partial charge is 0.198 e. The van der Waals surface area contributed by atoms with Crippen molar-refractivity contribution < 1.29 is 9.53 Å². The number of hydrogen-bond donors (Lipinski definition) is 1. The van der Waals surface area contributed by atoms with Crippen molar-refractivity contribution in [2.24, 2.45) is 0 Å². The lowest BCUT2D eigenvalue weighted by molar-refractivity contribution is -0.110. The molecular weight excluding hydrogens is 458 g/mol. The minimum atomic E-state index is 0.167. The van der Waals surface area contributed by atoms with Crippen molar-refractivity contribution in [3.63, 3.8) is 0 Å². The Bertz CT molecular complexity index is 1590. The van der Waals surface area contributed by atoms with E-state index in [1.165, 1.54) is 11.8 Å². The number of pyridine rings is 2. The average molecular weight is 478 g/mol. The molecule has 0 atom stereocenters. The Kier molecular flexibility index (Phi) is 5.35. The summed E-state index contributed by atoms with van der Waals surface area (Å²) in [6.45, 7) is 0. The number of fused-ring (bicyclic) bond motifs is 2. The van der Waals surface area contributed by atoms with E-state index in [9.17, 15) is 4.79 Å². The number of nitrogens with zero attached hydrogens (tertiary/aromatic N) is 4. The molecule has 0 amide bonds. The fourth-order valence-corrected chi connectivity index (χ4v) is 4.97. The minimum Gasteiger partial charge on any atom is -0.495 e. The topological polar surface area (TPSA) is 89.9 Å². The van der Waals surface area contributed by atoms with Crippen LogP contribution in [0.3, 0.4) is 0 Å². The van der Waals surface area contributed by atoms with Crippen LogP contribution in [0.15, 0.2) is 84.3 Å². The van der Waals surface area contributed by atoms with Crippen molar-refractivity contribution in [1.82, 2.24) is 19.9 Å². The molecule has 7 nitrogen and oxygen atoms in total. The zero-order chi connectivity index (χ0) is 23.8. The maximum absolute atomic E-state index is 11.9. The molecule has 0 bridgehead atoms. The molecule has 8 heteroatoms. The summed E-state index contributed by atoms with van der Waals surface area (Å²) in [5, 5.41) is 4.50. The third-order valence-electron chi connectivity index (χ3n) is 5.79. The van der Waals surface area contributed by atoms with Gasteiger partial charge in [0.05, 0.1) is 18.8 Å². The average Bonchev–Trinajstić information content (AvgIpc) is 3.28. The van der Waals surface area contributed by atoms with Gasteiger partial charge in [-0.25, -0.2) is 9.97 Å². The fourth-order valence-electron chi connectivity index (χ4n) is 4.04. The highest BCUT2D eigenvalue weighted by atomic mass is 32.2. The molecule has 0 unspecified atom stereocenters. The van der Waals surface area contributed by atoms with Crippen LogP contribution in [0.5, 0.6) is 5.75 Å². The molecule has 4 heterocycles. The first-order valence-corrected chi connectivity index (χ1v) is 11.8. The molecule has 6 rings (SSSR count). The summed E-state index contributed by atoms with van der Waals surface area (Å²) in [5.41, 5.74) is 5.44. The first kappa shape index (κ1) is 21.2. The van der Waals surface area contributed by atoms with Gasteiger partial charge in [0.15, 0.2) is 10.9 Å². The number of hydrogen-bond acceptors (Lipinski definition) is 8. The van der Waals surface area contributed by atoms with E-state index in [4.69, 9.17) is 14.7 Å². The van der Waals surface area contributed by atoms with Crippen molar-refractivity contribution in [2.45, 2.75) is 11.3 Å². The number of carbonyl (C=O) groups is 1. The van der Waals surface area contributed by atoms with Gasteiger partial charge >= 0.3 is 0 Å². The molecule has 5 aromatic rings. The molecule has 1 aliphatic heterocycles. The van der Waals surface area contributed by atoms with Crippen LogP contribution >= 0.6 is 11.8 Å². The minimum absolute atomic E-state index is 0.167. The molecule has 35 heavy (non-hydrogen) atoms. The second kappa shape index (κ2) is 8.81. The highest BCUT2D eigenvalue weighted by molar-refractivity contribution is 8.14. The number of nitrogens with one attached hydrogen (secondary N) is 1. The van der Waals surface area contributed by atoms with E-state index in [-0.39, 0.29) is 5.12 Å². The predicted molar refractivity (Wildman–Crippen MR) is 137 cm³/mol. The second-order valence-electron chi connectivity index (χ2n) is 8.08. The molecular formula is C27H19N5O2S. The van der Waals surface area contributed by atoms with Crippen molar-refractivity contribution in [2.75, 3.05) is 12.4 Å². The molecule has 0 saturated heterocycles. The Morgan fingerprint density at radius 2 is 1.83 bits per heavy atom. The van der Waals surface area contributed by atoms with Gasteiger partial charge in [0, 0.05) is 52.1 Å². The molecule has 0 saturated carbocycles. The van der Waals surface area contributed by atoms with Crippen LogP contribution < -0.4 is 10.1 Å². The van der Waals surface area contributed by atoms with Crippen molar-refractivity contribution in [1.29, 1.82) is 0 Å². The van der Waals surface area contributed by atoms with E-state index in [0.29, 0.717) is 23.8 Å². The van der Waals surface area contributed by atoms with Gasteiger partial charge in [-0.15, -0.1) is 0 Å². The van der Waals surface area contributed by atoms with Gasteiger partial charge < -0.3 is 10.1 Å². The molecule has 3 aromatic heterocycles. The number of aromatic nitrogens is 4. The Morgan fingerprint density at radius 3 is 2.69 bits per heavy atom. The number of methoxy groups -OCH3 is 1. The Morgan fingerprint density at radius 1 is 0.914 bits per heavy atom. The van der Waals surface area contributed by atoms with Crippen LogP contribution in [0.4, 0.5) is 11.5 Å². The van der Waals surface area contributed by atoms with Crippen molar-refractivity contribution in [3.8, 4) is 28.3 Å². The Labute approximate surface area is 205 Å². The maximum Gasteiger partial charge on any atom is 0.198 e. The number of carbonyl (C=O) groups excluding carboxylic acids is 1. The summed E-state index contributed by atoms with van der Waals surface area (Å²) >= 11 is 1.28. The normalized spacial score (nSPS) is 12.5. The van der Waals surface area contributed by atoms with E-state index in [1.54, 1.807) is 31.9 Å². The zero-order valence-electron chi connectivity index (χ0n) is 18.7. The van der Waals surface area contributed by atoms with E-state index in [1.807, 2.05) is 54.6 Å². The Balaban J connectivity index is 1.48. The quantitative estimate of drug-likeness (QED) is 0.346. The SMILES string of the molecule is COc1cncc(-c2ccc3nc(-c4cccnc4)nc(Nc4ccc5c(c4)SC(=O)C5)c3c2)c1. The van der Waals surface area contributed by atoms with E-state index < -0.39 is 0 Å². The van der Waals surface area contributed by atoms with E-state index in [0.717, 1.165) is 43.7 Å². The lowest BCUT2D eigenvalue weighted by atomic mass is 10.0. The van der Waals surface area contributed by atoms with E-state index in [2.05, 4.69) is 15.3 Å². The highest BCUT2D eigenvalue weighted by Crippen LogP contribution is 2.36. The molecule has 0 fully saturated rings. The number of rotatable bonds is 5. The molecule has 0 radical (unpaired) electrons. The van der Waals surface area contributed by atoms with Crippen LogP contribution in [0.1, 0.15) is 5.56 Å². The summed E-state index contributed by atoms with van der Waals surface area (Å²) in [6, 6.07) is 17.8. The molecule has 2 aromatic carbocycles. The first-order chi connectivity index (χ1) is 17.2. The van der Waals surface area contributed by atoms with Gasteiger partial charge in [-0.3, -0.25) is 14.8 Å².